The highest BCUT2D eigenvalue weighted by Gasteiger charge is 2.44. The van der Waals surface area contributed by atoms with Gasteiger partial charge in [0.25, 0.3) is 0 Å². The molecule has 0 radical (unpaired) electrons. The van der Waals surface area contributed by atoms with Crippen LogP contribution in [0, 0.1) is 11.8 Å². The Morgan fingerprint density at radius 2 is 1.01 bits per heavy atom. The van der Waals surface area contributed by atoms with Gasteiger partial charge in [0.1, 0.15) is 22.5 Å². The molecule has 0 saturated carbocycles. The summed E-state index contributed by atoms with van der Waals surface area (Å²) in [5.74, 6) is -1.49. The Morgan fingerprint density at radius 1 is 0.607 bits per heavy atom. The molecule has 6 heterocycles. The number of rotatable bonds is 14. The standard InChI is InChI=1S/2C31H30F3N3O4S/c2*1-2-40-30(39)21-9-6-14-37(16-21)17-24(38)20-10-12-22-19(15-20)11-13-23-28(22)42-29(35-23)27-25(31(32,33)34)26(36-41-27)18-7-4-3-5-8-18/h2*3-5,7-8,10,12,15,21,24,38H,2,6,9,11,13-14,16-17H2,1H3/t21-,24+;21-,24-/m00/s1. The topological polar surface area (TPSA) is 177 Å². The van der Waals surface area contributed by atoms with Gasteiger partial charge in [0.2, 0.25) is 11.5 Å². The molecule has 4 atom stereocenters. The lowest BCUT2D eigenvalue weighted by Crippen LogP contribution is -2.41. The van der Waals surface area contributed by atoms with Crippen molar-refractivity contribution in [1.29, 1.82) is 0 Å². The molecule has 4 aromatic carbocycles. The number of benzene rings is 4. The molecule has 4 aliphatic rings. The molecule has 8 aromatic rings. The number of aliphatic hydroxyl groups is 2. The number of aliphatic hydroxyl groups excluding tert-OH is 2. The number of ether oxygens (including phenoxy) is 2. The van der Waals surface area contributed by atoms with Crippen LogP contribution in [0.3, 0.4) is 0 Å². The number of aromatic nitrogens is 4. The van der Waals surface area contributed by atoms with Crippen LogP contribution in [0.2, 0.25) is 0 Å². The minimum atomic E-state index is -4.68. The van der Waals surface area contributed by atoms with Crippen LogP contribution in [0.4, 0.5) is 26.3 Å². The summed E-state index contributed by atoms with van der Waals surface area (Å²) in [4.78, 5) is 39.3. The number of alkyl halides is 6. The maximum absolute atomic E-state index is 14.2. The molecule has 0 spiro atoms. The first-order chi connectivity index (χ1) is 40.4. The summed E-state index contributed by atoms with van der Waals surface area (Å²) in [6.45, 7) is 7.83. The highest BCUT2D eigenvalue weighted by molar-refractivity contribution is 7.19. The first-order valence-electron chi connectivity index (χ1n) is 28.1. The van der Waals surface area contributed by atoms with Gasteiger partial charge in [-0.2, -0.15) is 26.3 Å². The number of halogens is 6. The predicted octanol–water partition coefficient (Wildman–Crippen LogP) is 13.1. The number of β-amino-alcohol motifs (C(OH)–C–C–N with tert-alkyl or cyclic N) is 2. The van der Waals surface area contributed by atoms with E-state index in [1.165, 1.54) is 0 Å². The zero-order valence-corrected chi connectivity index (χ0v) is 47.6. The minimum absolute atomic E-state index is 0.139. The predicted molar refractivity (Wildman–Crippen MR) is 303 cm³/mol. The number of carbonyl (C=O) groups is 2. The molecule has 4 aromatic heterocycles. The number of aryl methyl sites for hydroxylation is 4. The summed E-state index contributed by atoms with van der Waals surface area (Å²) in [6.07, 6.45) is -5.11. The highest BCUT2D eigenvalue weighted by Crippen LogP contribution is 2.50. The lowest BCUT2D eigenvalue weighted by Gasteiger charge is -2.33. The molecule has 2 aliphatic heterocycles. The van der Waals surface area contributed by atoms with E-state index >= 15 is 0 Å². The normalized spacial score (nSPS) is 17.9. The van der Waals surface area contributed by atoms with Gasteiger partial charge in [-0.3, -0.25) is 19.4 Å². The van der Waals surface area contributed by atoms with Gasteiger partial charge in [-0.05, 0) is 112 Å². The van der Waals surface area contributed by atoms with Crippen molar-refractivity contribution in [1.82, 2.24) is 30.1 Å². The van der Waals surface area contributed by atoms with Gasteiger partial charge < -0.3 is 28.7 Å². The van der Waals surface area contributed by atoms with Crippen LogP contribution in [-0.2, 0) is 57.1 Å². The lowest BCUT2D eigenvalue weighted by molar-refractivity contribution is -0.151. The Bertz CT molecular complexity index is 3400. The number of nitrogens with zero attached hydrogens (tertiary/aromatic N) is 6. The SMILES string of the molecule is CCOC(=O)[C@H]1CCCN(C[C@@H](O)c2ccc3c(c2)CCc2nc(-c4onc(-c5ccccc5)c4C(F)(F)F)sc2-3)C1.CCOC(=O)[C@H]1CCCN(C[C@H](O)c2ccc3c(c2)CCc2nc(-c4onc(-c5ccccc5)c4C(F)(F)F)sc2-3)C1. The second kappa shape index (κ2) is 24.9. The second-order valence-corrected chi connectivity index (χ2v) is 23.4. The summed E-state index contributed by atoms with van der Waals surface area (Å²) < 4.78 is 106. The van der Waals surface area contributed by atoms with Crippen molar-refractivity contribution in [3.63, 3.8) is 0 Å². The summed E-state index contributed by atoms with van der Waals surface area (Å²) in [5.41, 5.74) is 5.05. The van der Waals surface area contributed by atoms with Crippen molar-refractivity contribution in [3.05, 3.63) is 142 Å². The molecule has 440 valence electrons. The molecular formula is C62H60F6N6O8S2. The van der Waals surface area contributed by atoms with Gasteiger partial charge in [0.15, 0.2) is 10.0 Å². The number of hydrogen-bond acceptors (Lipinski definition) is 16. The molecule has 22 heteroatoms. The Hall–Kier alpha value is -7.08. The van der Waals surface area contributed by atoms with E-state index in [-0.39, 0.29) is 56.7 Å². The van der Waals surface area contributed by atoms with Gasteiger partial charge in [0, 0.05) is 37.3 Å². The van der Waals surface area contributed by atoms with Gasteiger partial charge >= 0.3 is 24.3 Å². The number of piperidine rings is 2. The number of fused-ring (bicyclic) bond motifs is 6. The van der Waals surface area contributed by atoms with Crippen LogP contribution in [0.5, 0.6) is 0 Å². The largest absolute Gasteiger partial charge is 0.466 e. The van der Waals surface area contributed by atoms with E-state index in [1.54, 1.807) is 74.5 Å². The van der Waals surface area contributed by atoms with E-state index in [0.717, 1.165) is 116 Å². The number of carbonyl (C=O) groups excluding carboxylic acids is 2. The van der Waals surface area contributed by atoms with Crippen molar-refractivity contribution in [2.24, 2.45) is 11.8 Å². The molecule has 14 nitrogen and oxygen atoms in total. The van der Waals surface area contributed by atoms with Crippen molar-refractivity contribution in [2.45, 2.75) is 89.8 Å². The summed E-state index contributed by atoms with van der Waals surface area (Å²) in [5, 5.41) is 30.0. The van der Waals surface area contributed by atoms with Gasteiger partial charge in [-0.25, -0.2) is 9.97 Å². The fraction of sp³-hybridized carbons (Fsp3) is 0.387. The minimum Gasteiger partial charge on any atom is -0.466 e. The zero-order valence-electron chi connectivity index (χ0n) is 46.0. The van der Waals surface area contributed by atoms with Crippen molar-refractivity contribution < 1.29 is 64.7 Å². The van der Waals surface area contributed by atoms with Crippen LogP contribution in [0.25, 0.3) is 64.9 Å². The fourth-order valence-corrected chi connectivity index (χ4v) is 14.0. The van der Waals surface area contributed by atoms with Gasteiger partial charge in [-0.15, -0.1) is 22.7 Å². The average Bonchev–Trinajstić information content (AvgIpc) is 2.82. The lowest BCUT2D eigenvalue weighted by atomic mass is 9.91. The Labute approximate surface area is 488 Å². The van der Waals surface area contributed by atoms with Crippen LogP contribution >= 0.6 is 22.7 Å². The molecule has 2 aliphatic carbocycles. The molecule has 2 N–H and O–H groups in total. The second-order valence-electron chi connectivity index (χ2n) is 21.4. The van der Waals surface area contributed by atoms with Crippen LogP contribution < -0.4 is 0 Å². The quantitative estimate of drug-likeness (QED) is 0.0776. The maximum atomic E-state index is 14.2. The summed E-state index contributed by atoms with van der Waals surface area (Å²) in [6, 6.07) is 27.8. The maximum Gasteiger partial charge on any atom is 0.422 e. The monoisotopic (exact) mass is 1190 g/mol. The highest BCUT2D eigenvalue weighted by atomic mass is 32.1. The molecule has 12 rings (SSSR count). The summed E-state index contributed by atoms with van der Waals surface area (Å²) >= 11 is 2.32. The first kappa shape index (κ1) is 58.7. The van der Waals surface area contributed by atoms with E-state index in [2.05, 4.69) is 30.1 Å². The van der Waals surface area contributed by atoms with E-state index < -0.39 is 35.7 Å². The Morgan fingerprint density at radius 3 is 1.39 bits per heavy atom. The zero-order chi connectivity index (χ0) is 58.9. The van der Waals surface area contributed by atoms with E-state index in [4.69, 9.17) is 18.5 Å². The van der Waals surface area contributed by atoms with Crippen LogP contribution in [0.15, 0.2) is 106 Å². The molecule has 84 heavy (non-hydrogen) atoms. The Kier molecular flexibility index (Phi) is 17.4. The molecule has 0 bridgehead atoms. The van der Waals surface area contributed by atoms with Gasteiger partial charge in [0.05, 0.1) is 58.4 Å². The third kappa shape index (κ3) is 12.5. The van der Waals surface area contributed by atoms with E-state index in [9.17, 15) is 46.1 Å². The number of thiazole rings is 2. The first-order valence-corrected chi connectivity index (χ1v) is 29.7. The van der Waals surface area contributed by atoms with Crippen molar-refractivity contribution in [2.75, 3.05) is 52.5 Å². The van der Waals surface area contributed by atoms with Crippen molar-refractivity contribution >= 4 is 34.6 Å². The summed E-state index contributed by atoms with van der Waals surface area (Å²) in [7, 11) is 0. The third-order valence-corrected chi connectivity index (χ3v) is 18.0. The van der Waals surface area contributed by atoms with E-state index in [0.29, 0.717) is 76.2 Å². The molecule has 2 saturated heterocycles. The molecule has 2 fully saturated rings. The van der Waals surface area contributed by atoms with Crippen LogP contribution in [-0.4, -0.2) is 105 Å². The molecule has 0 unspecified atom stereocenters. The Balaban J connectivity index is 0.000000175. The number of esters is 2. The fourth-order valence-electron chi connectivity index (χ4n) is 11.7. The smallest absolute Gasteiger partial charge is 0.422 e. The molecule has 0 amide bonds. The van der Waals surface area contributed by atoms with Gasteiger partial charge in [-0.1, -0.05) is 107 Å². The third-order valence-electron chi connectivity index (χ3n) is 15.7. The molecular weight excluding hydrogens is 1130 g/mol. The number of likely N-dealkylation sites (tertiary alicyclic amines) is 2. The van der Waals surface area contributed by atoms with Crippen LogP contribution in [0.1, 0.15) is 96.5 Å². The average molecular weight is 1200 g/mol. The number of hydrogen-bond donors (Lipinski definition) is 2. The van der Waals surface area contributed by atoms with E-state index in [1.807, 2.05) is 36.4 Å². The van der Waals surface area contributed by atoms with Crippen molar-refractivity contribution in [3.8, 4) is 64.9 Å².